The molecule has 0 aliphatic rings. The number of rotatable bonds is 2. The number of imidazole rings is 1. The summed E-state index contributed by atoms with van der Waals surface area (Å²) in [6, 6.07) is 2.05. The molecule has 0 unspecified atom stereocenters. The van der Waals surface area contributed by atoms with Gasteiger partial charge in [0, 0.05) is 25.6 Å². The van der Waals surface area contributed by atoms with Gasteiger partial charge in [-0.05, 0) is 46.2 Å². The highest BCUT2D eigenvalue weighted by Crippen LogP contribution is 2.30. The Bertz CT molecular complexity index is 481. The van der Waals surface area contributed by atoms with Gasteiger partial charge in [-0.1, -0.05) is 0 Å². The lowest BCUT2D eigenvalue weighted by atomic mass is 10.3. The number of nitrogens with zero attached hydrogens (tertiary/aromatic N) is 3. The lowest BCUT2D eigenvalue weighted by Crippen LogP contribution is -1.90. The van der Waals surface area contributed by atoms with E-state index in [0.717, 1.165) is 20.2 Å². The molecule has 78 valence electrons. The van der Waals surface area contributed by atoms with Crippen LogP contribution in [0, 0.1) is 6.92 Å². The highest BCUT2D eigenvalue weighted by molar-refractivity contribution is 9.10. The normalized spacial score (nSPS) is 10.6. The Kier molecular flexibility index (Phi) is 3.11. The molecule has 0 saturated carbocycles. The molecule has 0 aliphatic heterocycles. The second-order valence-electron chi connectivity index (χ2n) is 3.22. The maximum atomic E-state index is 4.36. The third kappa shape index (κ3) is 2.41. The fraction of sp³-hybridized carbons (Fsp3) is 0.200. The molecule has 5 heteroatoms. The molecule has 2 rings (SSSR count). The molecular formula is C10H10BrN3S. The summed E-state index contributed by atoms with van der Waals surface area (Å²) in [5.74, 6) is 0. The Morgan fingerprint density at radius 2 is 2.20 bits per heavy atom. The average molecular weight is 284 g/mol. The molecule has 2 heterocycles. The van der Waals surface area contributed by atoms with E-state index in [9.17, 15) is 0 Å². The second kappa shape index (κ2) is 4.37. The van der Waals surface area contributed by atoms with Gasteiger partial charge in [0.15, 0.2) is 5.16 Å². The molecule has 0 amide bonds. The number of aromatic nitrogens is 3. The van der Waals surface area contributed by atoms with E-state index in [-0.39, 0.29) is 0 Å². The van der Waals surface area contributed by atoms with Crippen LogP contribution in [0.15, 0.2) is 39.3 Å². The average Bonchev–Trinajstić information content (AvgIpc) is 2.57. The van der Waals surface area contributed by atoms with E-state index >= 15 is 0 Å². The molecule has 15 heavy (non-hydrogen) atoms. The van der Waals surface area contributed by atoms with E-state index in [4.69, 9.17) is 0 Å². The van der Waals surface area contributed by atoms with Gasteiger partial charge in [0.05, 0.1) is 4.47 Å². The Balaban J connectivity index is 2.29. The smallest absolute Gasteiger partial charge is 0.174 e. The van der Waals surface area contributed by atoms with Crippen LogP contribution < -0.4 is 0 Å². The first-order valence-electron chi connectivity index (χ1n) is 4.44. The molecular weight excluding hydrogens is 274 g/mol. The molecule has 0 aromatic carbocycles. The van der Waals surface area contributed by atoms with Crippen LogP contribution in [0.1, 0.15) is 5.56 Å². The summed E-state index contributed by atoms with van der Waals surface area (Å²) in [5, 5.41) is 1.88. The van der Waals surface area contributed by atoms with Crippen molar-refractivity contribution in [3.63, 3.8) is 0 Å². The van der Waals surface area contributed by atoms with E-state index in [1.807, 2.05) is 30.9 Å². The van der Waals surface area contributed by atoms with Crippen LogP contribution in [0.3, 0.4) is 0 Å². The predicted molar refractivity (Wildman–Crippen MR) is 64.0 cm³/mol. The Morgan fingerprint density at radius 3 is 2.80 bits per heavy atom. The van der Waals surface area contributed by atoms with Crippen LogP contribution in [0.4, 0.5) is 0 Å². The molecule has 2 aromatic heterocycles. The maximum Gasteiger partial charge on any atom is 0.174 e. The van der Waals surface area contributed by atoms with Gasteiger partial charge in [0.2, 0.25) is 0 Å². The van der Waals surface area contributed by atoms with E-state index in [1.54, 1.807) is 18.0 Å². The maximum absolute atomic E-state index is 4.36. The third-order valence-electron chi connectivity index (χ3n) is 1.91. The first-order valence-corrected chi connectivity index (χ1v) is 6.05. The Morgan fingerprint density at radius 1 is 1.40 bits per heavy atom. The summed E-state index contributed by atoms with van der Waals surface area (Å²) in [4.78, 5) is 8.60. The zero-order chi connectivity index (χ0) is 10.8. The SMILES string of the molecule is Cc1cnc(Sc2nccn2C)c(Br)c1. The van der Waals surface area contributed by atoms with Crippen molar-refractivity contribution in [1.29, 1.82) is 0 Å². The topological polar surface area (TPSA) is 30.7 Å². The van der Waals surface area contributed by atoms with Crippen LogP contribution in [-0.4, -0.2) is 14.5 Å². The minimum Gasteiger partial charge on any atom is -0.329 e. The predicted octanol–water partition coefficient (Wildman–Crippen LogP) is 3.04. The number of hydrogen-bond acceptors (Lipinski definition) is 3. The summed E-state index contributed by atoms with van der Waals surface area (Å²) >= 11 is 5.05. The van der Waals surface area contributed by atoms with Crippen molar-refractivity contribution in [2.24, 2.45) is 7.05 Å². The van der Waals surface area contributed by atoms with Crippen LogP contribution in [-0.2, 0) is 7.05 Å². The fourth-order valence-corrected chi connectivity index (χ4v) is 2.59. The number of pyridine rings is 1. The summed E-state index contributed by atoms with van der Waals surface area (Å²) in [6.07, 6.45) is 5.56. The standard InChI is InChI=1S/C10H10BrN3S/c1-7-5-8(11)9(13-6-7)15-10-12-3-4-14(10)2/h3-6H,1-2H3. The van der Waals surface area contributed by atoms with E-state index < -0.39 is 0 Å². The largest absolute Gasteiger partial charge is 0.329 e. The summed E-state index contributed by atoms with van der Waals surface area (Å²) < 4.78 is 2.98. The van der Waals surface area contributed by atoms with Gasteiger partial charge in [-0.2, -0.15) is 0 Å². The van der Waals surface area contributed by atoms with Crippen molar-refractivity contribution < 1.29 is 0 Å². The first-order chi connectivity index (χ1) is 7.16. The summed E-state index contributed by atoms with van der Waals surface area (Å²) in [7, 11) is 1.97. The Hall–Kier alpha value is -0.810. The molecule has 0 fully saturated rings. The van der Waals surface area contributed by atoms with Crippen molar-refractivity contribution in [3.8, 4) is 0 Å². The van der Waals surface area contributed by atoms with Crippen molar-refractivity contribution >= 4 is 27.7 Å². The van der Waals surface area contributed by atoms with Gasteiger partial charge in [-0.3, -0.25) is 0 Å². The molecule has 0 atom stereocenters. The molecule has 0 saturated heterocycles. The zero-order valence-electron chi connectivity index (χ0n) is 8.44. The first kappa shape index (κ1) is 10.7. The molecule has 0 N–H and O–H groups in total. The van der Waals surface area contributed by atoms with Crippen molar-refractivity contribution in [3.05, 3.63) is 34.7 Å². The number of aryl methyl sites for hydroxylation is 2. The van der Waals surface area contributed by atoms with Crippen molar-refractivity contribution in [1.82, 2.24) is 14.5 Å². The van der Waals surface area contributed by atoms with E-state index in [0.29, 0.717) is 0 Å². The van der Waals surface area contributed by atoms with Crippen LogP contribution in [0.25, 0.3) is 0 Å². The third-order valence-corrected chi connectivity index (χ3v) is 3.87. The van der Waals surface area contributed by atoms with E-state index in [2.05, 4.69) is 32.0 Å². The number of hydrogen-bond donors (Lipinski definition) is 0. The zero-order valence-corrected chi connectivity index (χ0v) is 10.8. The van der Waals surface area contributed by atoms with Gasteiger partial charge in [0.25, 0.3) is 0 Å². The molecule has 3 nitrogen and oxygen atoms in total. The van der Waals surface area contributed by atoms with Crippen LogP contribution >= 0.6 is 27.7 Å². The quantitative estimate of drug-likeness (QED) is 0.849. The summed E-state index contributed by atoms with van der Waals surface area (Å²) in [5.41, 5.74) is 1.14. The molecule has 0 aliphatic carbocycles. The minimum atomic E-state index is 0.937. The van der Waals surface area contributed by atoms with Gasteiger partial charge in [0.1, 0.15) is 5.03 Å². The van der Waals surface area contributed by atoms with Gasteiger partial charge < -0.3 is 4.57 Å². The monoisotopic (exact) mass is 283 g/mol. The van der Waals surface area contributed by atoms with Gasteiger partial charge in [-0.15, -0.1) is 0 Å². The highest BCUT2D eigenvalue weighted by atomic mass is 79.9. The molecule has 2 aromatic rings. The van der Waals surface area contributed by atoms with Crippen molar-refractivity contribution in [2.75, 3.05) is 0 Å². The fourth-order valence-electron chi connectivity index (χ4n) is 1.13. The number of halogens is 1. The summed E-state index contributed by atoms with van der Waals surface area (Å²) in [6.45, 7) is 2.02. The highest BCUT2D eigenvalue weighted by Gasteiger charge is 2.07. The lowest BCUT2D eigenvalue weighted by Gasteiger charge is -2.03. The van der Waals surface area contributed by atoms with Gasteiger partial charge >= 0.3 is 0 Å². The molecule has 0 bridgehead atoms. The van der Waals surface area contributed by atoms with Gasteiger partial charge in [-0.25, -0.2) is 9.97 Å². The Labute approximate surface area is 101 Å². The molecule has 0 spiro atoms. The van der Waals surface area contributed by atoms with Crippen LogP contribution in [0.5, 0.6) is 0 Å². The van der Waals surface area contributed by atoms with Crippen LogP contribution in [0.2, 0.25) is 0 Å². The molecule has 0 radical (unpaired) electrons. The van der Waals surface area contributed by atoms with Crippen molar-refractivity contribution in [2.45, 2.75) is 17.1 Å². The minimum absolute atomic E-state index is 0.937. The lowest BCUT2D eigenvalue weighted by molar-refractivity contribution is 0.788. The second-order valence-corrected chi connectivity index (χ2v) is 5.03. The van der Waals surface area contributed by atoms with E-state index in [1.165, 1.54) is 0 Å².